The molecule has 0 bridgehead atoms. The topological polar surface area (TPSA) is 65.0 Å². The lowest BCUT2D eigenvalue weighted by atomic mass is 10.0. The highest BCUT2D eigenvalue weighted by atomic mass is 16.3. The van der Waals surface area contributed by atoms with Crippen LogP contribution in [0, 0.1) is 0 Å². The zero-order valence-corrected chi connectivity index (χ0v) is 14.2. The maximum absolute atomic E-state index is 10.1. The Morgan fingerprint density at radius 2 is 1.77 bits per heavy atom. The summed E-state index contributed by atoms with van der Waals surface area (Å²) < 4.78 is 0. The number of nitrogens with zero attached hydrogens (tertiary/aromatic N) is 3. The van der Waals surface area contributed by atoms with E-state index >= 15 is 0 Å². The van der Waals surface area contributed by atoms with E-state index in [0.717, 1.165) is 30.5 Å². The van der Waals surface area contributed by atoms with Crippen LogP contribution in [0.25, 0.3) is 22.3 Å². The fourth-order valence-corrected chi connectivity index (χ4v) is 3.71. The summed E-state index contributed by atoms with van der Waals surface area (Å²) in [6, 6.07) is 19.7. The number of aromatic amines is 1. The van der Waals surface area contributed by atoms with Crippen LogP contribution in [-0.2, 0) is 13.0 Å². The number of phenolic OH excluding ortho intramolecular Hbond substituents is 1. The third kappa shape index (κ3) is 2.40. The van der Waals surface area contributed by atoms with Crippen LogP contribution >= 0.6 is 0 Å². The standard InChI is InChI=1S/C21H18N4O/c26-20-9-5-4-8-16(20)18-12-17-15-10-11-25(14-6-2-1-3-7-14)13-19(15)22-21(17)24-23-18/h1-9,12,26H,10-11,13H2,(H,22,24). The van der Waals surface area contributed by atoms with Gasteiger partial charge in [-0.25, -0.2) is 0 Å². The van der Waals surface area contributed by atoms with E-state index in [1.807, 2.05) is 24.3 Å². The Balaban J connectivity index is 1.55. The Morgan fingerprint density at radius 3 is 2.62 bits per heavy atom. The minimum absolute atomic E-state index is 0.223. The number of H-pyrrole nitrogens is 1. The Morgan fingerprint density at radius 1 is 0.962 bits per heavy atom. The molecule has 0 atom stereocenters. The van der Waals surface area contributed by atoms with Gasteiger partial charge in [-0.05, 0) is 42.3 Å². The molecule has 5 rings (SSSR count). The maximum atomic E-state index is 10.1. The summed E-state index contributed by atoms with van der Waals surface area (Å²) in [6.45, 7) is 1.81. The number of hydrogen-bond donors (Lipinski definition) is 2. The molecule has 128 valence electrons. The van der Waals surface area contributed by atoms with E-state index in [-0.39, 0.29) is 5.75 Å². The van der Waals surface area contributed by atoms with Crippen molar-refractivity contribution >= 4 is 16.7 Å². The average Bonchev–Trinajstić information content (AvgIpc) is 3.06. The lowest BCUT2D eigenvalue weighted by Crippen LogP contribution is -2.30. The highest BCUT2D eigenvalue weighted by Crippen LogP contribution is 2.33. The molecular weight excluding hydrogens is 324 g/mol. The first-order chi connectivity index (χ1) is 12.8. The minimum Gasteiger partial charge on any atom is -0.507 e. The lowest BCUT2D eigenvalue weighted by molar-refractivity contribution is 0.477. The summed E-state index contributed by atoms with van der Waals surface area (Å²) in [5, 5.41) is 19.9. The van der Waals surface area contributed by atoms with E-state index in [1.54, 1.807) is 12.1 Å². The molecule has 3 heterocycles. The van der Waals surface area contributed by atoms with Gasteiger partial charge in [-0.3, -0.25) is 0 Å². The van der Waals surface area contributed by atoms with Gasteiger partial charge in [0.25, 0.3) is 0 Å². The molecule has 0 amide bonds. The first-order valence-electron chi connectivity index (χ1n) is 8.75. The quantitative estimate of drug-likeness (QED) is 0.580. The van der Waals surface area contributed by atoms with Gasteiger partial charge < -0.3 is 15.0 Å². The average molecular weight is 342 g/mol. The number of aromatic hydroxyl groups is 1. The Labute approximate surface area is 150 Å². The molecule has 1 aliphatic rings. The molecule has 0 fully saturated rings. The van der Waals surface area contributed by atoms with Crippen molar-refractivity contribution in [3.8, 4) is 17.0 Å². The number of benzene rings is 2. The van der Waals surface area contributed by atoms with Crippen LogP contribution < -0.4 is 4.90 Å². The zero-order chi connectivity index (χ0) is 17.5. The van der Waals surface area contributed by atoms with Gasteiger partial charge in [-0.1, -0.05) is 30.3 Å². The molecule has 1 aliphatic heterocycles. The van der Waals surface area contributed by atoms with Gasteiger partial charge in [0, 0.05) is 28.9 Å². The summed E-state index contributed by atoms with van der Waals surface area (Å²) in [7, 11) is 0. The van der Waals surface area contributed by atoms with E-state index in [9.17, 15) is 5.11 Å². The number of aromatic nitrogens is 3. The van der Waals surface area contributed by atoms with Crippen molar-refractivity contribution in [1.29, 1.82) is 0 Å². The Hall–Kier alpha value is -3.34. The molecule has 0 saturated heterocycles. The van der Waals surface area contributed by atoms with Crippen molar-refractivity contribution in [1.82, 2.24) is 15.2 Å². The van der Waals surface area contributed by atoms with Crippen LogP contribution in [0.1, 0.15) is 11.3 Å². The van der Waals surface area contributed by atoms with Gasteiger partial charge >= 0.3 is 0 Å². The van der Waals surface area contributed by atoms with E-state index in [4.69, 9.17) is 0 Å². The summed E-state index contributed by atoms with van der Waals surface area (Å²) in [5.74, 6) is 0.223. The molecular formula is C21H18N4O. The highest BCUT2D eigenvalue weighted by molar-refractivity contribution is 5.85. The van der Waals surface area contributed by atoms with E-state index in [0.29, 0.717) is 11.3 Å². The molecule has 0 saturated carbocycles. The second-order valence-electron chi connectivity index (χ2n) is 6.60. The molecule has 2 aromatic carbocycles. The molecule has 5 nitrogen and oxygen atoms in total. The third-order valence-corrected chi connectivity index (χ3v) is 5.03. The maximum Gasteiger partial charge on any atom is 0.160 e. The van der Waals surface area contributed by atoms with Crippen molar-refractivity contribution < 1.29 is 5.11 Å². The number of anilines is 1. The highest BCUT2D eigenvalue weighted by Gasteiger charge is 2.22. The predicted octanol–water partition coefficient (Wildman–Crippen LogP) is 3.89. The van der Waals surface area contributed by atoms with Crippen LogP contribution in [0.5, 0.6) is 5.75 Å². The van der Waals surface area contributed by atoms with Gasteiger partial charge in [0.05, 0.1) is 12.2 Å². The zero-order valence-electron chi connectivity index (χ0n) is 14.2. The first kappa shape index (κ1) is 15.0. The third-order valence-electron chi connectivity index (χ3n) is 5.03. The van der Waals surface area contributed by atoms with Crippen LogP contribution in [0.2, 0.25) is 0 Å². The number of phenols is 1. The summed E-state index contributed by atoms with van der Waals surface area (Å²) in [6.07, 6.45) is 0.954. The lowest BCUT2D eigenvalue weighted by Gasteiger charge is -2.29. The van der Waals surface area contributed by atoms with Crippen molar-refractivity contribution in [2.45, 2.75) is 13.0 Å². The van der Waals surface area contributed by atoms with Gasteiger partial charge in [0.15, 0.2) is 5.65 Å². The SMILES string of the molecule is Oc1ccccc1-c1cc2c3c([nH]c2nn1)CN(c1ccccc1)CC3. The Kier molecular flexibility index (Phi) is 3.38. The molecule has 0 radical (unpaired) electrons. The van der Waals surface area contributed by atoms with Crippen LogP contribution in [-0.4, -0.2) is 26.8 Å². The minimum atomic E-state index is 0.223. The molecule has 0 aliphatic carbocycles. The summed E-state index contributed by atoms with van der Waals surface area (Å²) in [4.78, 5) is 5.80. The molecule has 0 spiro atoms. The summed E-state index contributed by atoms with van der Waals surface area (Å²) in [5.41, 5.74) is 5.95. The van der Waals surface area contributed by atoms with E-state index < -0.39 is 0 Å². The molecule has 2 aromatic heterocycles. The second kappa shape index (κ2) is 5.88. The van der Waals surface area contributed by atoms with Gasteiger partial charge in [-0.15, -0.1) is 10.2 Å². The number of nitrogens with one attached hydrogen (secondary N) is 1. The fraction of sp³-hybridized carbons (Fsp3) is 0.143. The predicted molar refractivity (Wildman–Crippen MR) is 102 cm³/mol. The molecule has 0 unspecified atom stereocenters. The number of para-hydroxylation sites is 2. The van der Waals surface area contributed by atoms with E-state index in [1.165, 1.54) is 16.9 Å². The van der Waals surface area contributed by atoms with Gasteiger partial charge in [0.1, 0.15) is 5.75 Å². The summed E-state index contributed by atoms with van der Waals surface area (Å²) >= 11 is 0. The van der Waals surface area contributed by atoms with Crippen molar-refractivity contribution in [3.05, 3.63) is 71.9 Å². The number of rotatable bonds is 2. The largest absolute Gasteiger partial charge is 0.507 e. The molecule has 26 heavy (non-hydrogen) atoms. The van der Waals surface area contributed by atoms with Gasteiger partial charge in [-0.2, -0.15) is 0 Å². The van der Waals surface area contributed by atoms with E-state index in [2.05, 4.69) is 44.3 Å². The monoisotopic (exact) mass is 342 g/mol. The van der Waals surface area contributed by atoms with Gasteiger partial charge in [0.2, 0.25) is 0 Å². The second-order valence-corrected chi connectivity index (χ2v) is 6.60. The molecule has 2 N–H and O–H groups in total. The fourth-order valence-electron chi connectivity index (χ4n) is 3.71. The first-order valence-corrected chi connectivity index (χ1v) is 8.75. The van der Waals surface area contributed by atoms with Crippen molar-refractivity contribution in [3.63, 3.8) is 0 Å². The number of hydrogen-bond acceptors (Lipinski definition) is 4. The molecule has 5 heteroatoms. The number of fused-ring (bicyclic) bond motifs is 3. The normalized spacial score (nSPS) is 13.8. The van der Waals surface area contributed by atoms with Crippen molar-refractivity contribution in [2.75, 3.05) is 11.4 Å². The smallest absolute Gasteiger partial charge is 0.160 e. The van der Waals surface area contributed by atoms with Crippen molar-refractivity contribution in [2.24, 2.45) is 0 Å². The molecule has 4 aromatic rings. The van der Waals surface area contributed by atoms with Crippen LogP contribution in [0.3, 0.4) is 0 Å². The van der Waals surface area contributed by atoms with Crippen LogP contribution in [0.4, 0.5) is 5.69 Å². The van der Waals surface area contributed by atoms with Crippen LogP contribution in [0.15, 0.2) is 60.7 Å². The Bertz CT molecular complexity index is 1090.